The molecule has 1 aliphatic rings. The number of carboxylic acid groups (broad SMARTS) is 1. The lowest BCUT2D eigenvalue weighted by molar-refractivity contribution is -0.136. The Labute approximate surface area is 191 Å². The molecule has 0 radical (unpaired) electrons. The minimum Gasteiger partial charge on any atom is -0.481 e. The number of nitrogens with two attached hydrogens (primary N) is 1. The Balaban J connectivity index is 1.62. The quantitative estimate of drug-likeness (QED) is 0.469. The highest BCUT2D eigenvalue weighted by Crippen LogP contribution is 2.42. The molecule has 0 bridgehead atoms. The van der Waals surface area contributed by atoms with Crippen LogP contribution in [-0.2, 0) is 17.8 Å². The van der Waals surface area contributed by atoms with Crippen molar-refractivity contribution in [3.63, 3.8) is 0 Å². The van der Waals surface area contributed by atoms with Crippen LogP contribution in [0.1, 0.15) is 28.7 Å². The summed E-state index contributed by atoms with van der Waals surface area (Å²) in [4.78, 5) is 17.8. The zero-order valence-corrected chi connectivity index (χ0v) is 18.5. The second-order valence-electron chi connectivity index (χ2n) is 8.41. The Hall–Kier alpha value is -3.84. The fourth-order valence-electron chi connectivity index (χ4n) is 4.47. The van der Waals surface area contributed by atoms with Crippen LogP contribution in [0.3, 0.4) is 0 Å². The van der Waals surface area contributed by atoms with Gasteiger partial charge in [0.2, 0.25) is 0 Å². The summed E-state index contributed by atoms with van der Waals surface area (Å²) in [6, 6.07) is 15.7. The normalized spacial score (nSPS) is 15.4. The topological polar surface area (TPSA) is 102 Å². The molecule has 0 spiro atoms. The van der Waals surface area contributed by atoms with Crippen molar-refractivity contribution in [3.8, 4) is 16.9 Å². The molecule has 168 valence electrons. The van der Waals surface area contributed by atoms with E-state index in [1.807, 2.05) is 50.4 Å². The number of aryl methyl sites for hydroxylation is 1. The van der Waals surface area contributed by atoms with Gasteiger partial charge in [-0.2, -0.15) is 0 Å². The number of rotatable bonds is 5. The zero-order chi connectivity index (χ0) is 23.1. The number of carboxylic acids is 1. The van der Waals surface area contributed by atoms with Gasteiger partial charge in [-0.05, 0) is 54.4 Å². The first kappa shape index (κ1) is 21.0. The largest absolute Gasteiger partial charge is 0.481 e. The average Bonchev–Trinajstić information content (AvgIpc) is 3.18. The van der Waals surface area contributed by atoms with Crippen molar-refractivity contribution in [2.24, 2.45) is 5.73 Å². The minimum atomic E-state index is -0.886. The van der Waals surface area contributed by atoms with Gasteiger partial charge in [-0.25, -0.2) is 0 Å². The summed E-state index contributed by atoms with van der Waals surface area (Å²) in [7, 11) is 2.00. The van der Waals surface area contributed by atoms with Gasteiger partial charge in [0.25, 0.3) is 0 Å². The van der Waals surface area contributed by atoms with Crippen LogP contribution in [0.2, 0.25) is 0 Å². The molecule has 1 aliphatic heterocycles. The molecule has 0 unspecified atom stereocenters. The standard InChI is InChI=1S/C26H25N3O4/c1-15-8-19-9-18(11-21(25(19)32-15)16-6-7-28-20(10-16)13-27)23-14-29(2)22-5-3-4-17(12-24(30)31)26(22)33-23/h3-11,23H,12-14,27H2,1-2H3,(H,30,31)/t23-/m1/s1. The zero-order valence-electron chi connectivity index (χ0n) is 18.5. The number of likely N-dealkylation sites (N-methyl/N-ethyl adjacent to an activating group) is 1. The molecule has 3 heterocycles. The number of pyridine rings is 1. The molecular formula is C26H25N3O4. The SMILES string of the molecule is Cc1cc2cc([C@H]3CN(C)c4cccc(CC(=O)O)c4O3)cc(-c3ccnc(CN)c3)c2o1. The molecule has 33 heavy (non-hydrogen) atoms. The van der Waals surface area contributed by atoms with Crippen LogP contribution < -0.4 is 15.4 Å². The summed E-state index contributed by atoms with van der Waals surface area (Å²) < 4.78 is 12.5. The van der Waals surface area contributed by atoms with Crippen LogP contribution in [0.4, 0.5) is 5.69 Å². The van der Waals surface area contributed by atoms with Gasteiger partial charge in [0.15, 0.2) is 0 Å². The first-order valence-electron chi connectivity index (χ1n) is 10.8. The number of ether oxygens (including phenoxy) is 1. The number of nitrogens with zero attached hydrogens (tertiary/aromatic N) is 2. The number of anilines is 1. The van der Waals surface area contributed by atoms with E-state index >= 15 is 0 Å². The van der Waals surface area contributed by atoms with E-state index in [1.54, 1.807) is 6.20 Å². The van der Waals surface area contributed by atoms with Crippen molar-refractivity contribution in [1.29, 1.82) is 0 Å². The first-order chi connectivity index (χ1) is 15.9. The molecule has 0 saturated carbocycles. The van der Waals surface area contributed by atoms with Crippen LogP contribution in [0.5, 0.6) is 5.75 Å². The van der Waals surface area contributed by atoms with Crippen molar-refractivity contribution in [3.05, 3.63) is 77.3 Å². The highest BCUT2D eigenvalue weighted by molar-refractivity contribution is 5.93. The third-order valence-corrected chi connectivity index (χ3v) is 6.00. The van der Waals surface area contributed by atoms with Crippen molar-refractivity contribution >= 4 is 22.6 Å². The number of fused-ring (bicyclic) bond motifs is 2. The minimum absolute atomic E-state index is 0.0895. The van der Waals surface area contributed by atoms with Gasteiger partial charge in [-0.1, -0.05) is 12.1 Å². The predicted octanol–water partition coefficient (Wildman–Crippen LogP) is 4.46. The summed E-state index contributed by atoms with van der Waals surface area (Å²) in [5.74, 6) is 0.563. The summed E-state index contributed by atoms with van der Waals surface area (Å²) in [6.07, 6.45) is 1.39. The summed E-state index contributed by atoms with van der Waals surface area (Å²) in [5, 5.41) is 10.3. The molecule has 0 aliphatic carbocycles. The van der Waals surface area contributed by atoms with Gasteiger partial charge in [0.1, 0.15) is 23.2 Å². The van der Waals surface area contributed by atoms with E-state index in [2.05, 4.69) is 22.0 Å². The third kappa shape index (κ3) is 3.91. The van der Waals surface area contributed by atoms with Crippen molar-refractivity contribution in [1.82, 2.24) is 4.98 Å². The number of para-hydroxylation sites is 1. The fraction of sp³-hybridized carbons (Fsp3) is 0.231. The van der Waals surface area contributed by atoms with Crippen LogP contribution in [0.25, 0.3) is 22.1 Å². The Morgan fingerprint density at radius 1 is 1.24 bits per heavy atom. The van der Waals surface area contributed by atoms with Crippen molar-refractivity contribution < 1.29 is 19.1 Å². The second-order valence-corrected chi connectivity index (χ2v) is 8.41. The summed E-state index contributed by atoms with van der Waals surface area (Å²) in [5.41, 5.74) is 11.9. The number of aliphatic carboxylic acids is 1. The average molecular weight is 444 g/mol. The molecule has 2 aromatic heterocycles. The van der Waals surface area contributed by atoms with E-state index in [4.69, 9.17) is 14.9 Å². The van der Waals surface area contributed by atoms with Gasteiger partial charge >= 0.3 is 5.97 Å². The molecule has 3 N–H and O–H groups in total. The highest BCUT2D eigenvalue weighted by Gasteiger charge is 2.28. The number of hydrogen-bond acceptors (Lipinski definition) is 6. The maximum absolute atomic E-state index is 11.4. The number of aromatic nitrogens is 1. The molecule has 2 aromatic carbocycles. The molecule has 1 atom stereocenters. The van der Waals surface area contributed by atoms with Crippen LogP contribution in [-0.4, -0.2) is 29.7 Å². The van der Waals surface area contributed by atoms with Gasteiger partial charge in [-0.15, -0.1) is 0 Å². The monoisotopic (exact) mass is 443 g/mol. The Morgan fingerprint density at radius 2 is 2.09 bits per heavy atom. The van der Waals surface area contributed by atoms with E-state index < -0.39 is 5.97 Å². The van der Waals surface area contributed by atoms with E-state index in [-0.39, 0.29) is 12.5 Å². The molecule has 4 aromatic rings. The fourth-order valence-corrected chi connectivity index (χ4v) is 4.47. The first-order valence-corrected chi connectivity index (χ1v) is 10.8. The van der Waals surface area contributed by atoms with Gasteiger partial charge in [0.05, 0.1) is 24.3 Å². The lowest BCUT2D eigenvalue weighted by Crippen LogP contribution is -2.32. The van der Waals surface area contributed by atoms with Gasteiger partial charge in [-0.3, -0.25) is 9.78 Å². The summed E-state index contributed by atoms with van der Waals surface area (Å²) >= 11 is 0. The van der Waals surface area contributed by atoms with Crippen molar-refractivity contribution in [2.75, 3.05) is 18.5 Å². The van der Waals surface area contributed by atoms with E-state index in [9.17, 15) is 9.90 Å². The van der Waals surface area contributed by atoms with Crippen LogP contribution in [0.15, 0.2) is 59.1 Å². The summed E-state index contributed by atoms with van der Waals surface area (Å²) in [6.45, 7) is 2.92. The molecule has 0 saturated heterocycles. The van der Waals surface area contributed by atoms with Gasteiger partial charge < -0.3 is 24.9 Å². The maximum atomic E-state index is 11.4. The predicted molar refractivity (Wildman–Crippen MR) is 126 cm³/mol. The molecule has 5 rings (SSSR count). The molecule has 7 heteroatoms. The maximum Gasteiger partial charge on any atom is 0.307 e. The van der Waals surface area contributed by atoms with E-state index in [1.165, 1.54) is 0 Å². The van der Waals surface area contributed by atoms with Crippen LogP contribution in [0, 0.1) is 6.92 Å². The Bertz CT molecular complexity index is 1360. The number of furan rings is 1. The number of hydrogen-bond donors (Lipinski definition) is 2. The van der Waals surface area contributed by atoms with Crippen LogP contribution >= 0.6 is 0 Å². The molecule has 7 nitrogen and oxygen atoms in total. The van der Waals surface area contributed by atoms with Crippen molar-refractivity contribution in [2.45, 2.75) is 26.0 Å². The highest BCUT2D eigenvalue weighted by atomic mass is 16.5. The second kappa shape index (κ2) is 8.26. The number of benzene rings is 2. The Kier molecular flexibility index (Phi) is 5.26. The van der Waals surface area contributed by atoms with E-state index in [0.29, 0.717) is 24.4 Å². The lowest BCUT2D eigenvalue weighted by atomic mass is 9.96. The molecular weight excluding hydrogens is 418 g/mol. The molecule has 0 amide bonds. The third-order valence-electron chi connectivity index (χ3n) is 6.00. The lowest BCUT2D eigenvalue weighted by Gasteiger charge is -2.35. The Morgan fingerprint density at radius 3 is 2.88 bits per heavy atom. The smallest absolute Gasteiger partial charge is 0.307 e. The molecule has 0 fully saturated rings. The number of carbonyl (C=O) groups is 1. The van der Waals surface area contributed by atoms with E-state index in [0.717, 1.165) is 44.8 Å². The van der Waals surface area contributed by atoms with Gasteiger partial charge in [0, 0.05) is 36.3 Å².